The van der Waals surface area contributed by atoms with Crippen molar-refractivity contribution < 1.29 is 0 Å². The highest BCUT2D eigenvalue weighted by molar-refractivity contribution is 6.32. The summed E-state index contributed by atoms with van der Waals surface area (Å²) in [4.78, 5) is 15.4. The molecule has 1 aromatic carbocycles. The van der Waals surface area contributed by atoms with Crippen molar-refractivity contribution in [3.8, 4) is 0 Å². The highest BCUT2D eigenvalue weighted by Crippen LogP contribution is 2.30. The predicted molar refractivity (Wildman–Crippen MR) is 95.8 cm³/mol. The van der Waals surface area contributed by atoms with Crippen molar-refractivity contribution in [3.63, 3.8) is 0 Å². The van der Waals surface area contributed by atoms with E-state index < -0.39 is 0 Å². The Hall–Kier alpha value is -2.66. The molecule has 0 atom stereocenters. The summed E-state index contributed by atoms with van der Waals surface area (Å²) in [5.74, 6) is 1.68. The van der Waals surface area contributed by atoms with Crippen LogP contribution in [-0.4, -0.2) is 21.5 Å². The Kier molecular flexibility index (Phi) is 4.01. The molecular formula is C18H16ClN5. The molecule has 24 heavy (non-hydrogen) atoms. The molecule has 1 aliphatic heterocycles. The molecule has 1 aliphatic rings. The number of nitrogens with one attached hydrogen (secondary N) is 1. The first-order valence-corrected chi connectivity index (χ1v) is 8.19. The summed E-state index contributed by atoms with van der Waals surface area (Å²) in [5, 5.41) is 4.05. The highest BCUT2D eigenvalue weighted by Gasteiger charge is 2.23. The fourth-order valence-corrected chi connectivity index (χ4v) is 3.15. The van der Waals surface area contributed by atoms with Gasteiger partial charge in [0.15, 0.2) is 0 Å². The molecule has 4 rings (SSSR count). The van der Waals surface area contributed by atoms with E-state index in [1.54, 1.807) is 12.5 Å². The molecule has 3 heterocycles. The summed E-state index contributed by atoms with van der Waals surface area (Å²) in [6.45, 7) is 1.51. The van der Waals surface area contributed by atoms with Gasteiger partial charge in [-0.25, -0.2) is 15.0 Å². The van der Waals surface area contributed by atoms with Gasteiger partial charge in [-0.2, -0.15) is 0 Å². The van der Waals surface area contributed by atoms with Gasteiger partial charge in [0, 0.05) is 24.0 Å². The number of hydrogen-bond acceptors (Lipinski definition) is 5. The van der Waals surface area contributed by atoms with Crippen molar-refractivity contribution in [2.24, 2.45) is 0 Å². The average Bonchev–Trinajstić information content (AvgIpc) is 2.63. The quantitative estimate of drug-likeness (QED) is 0.787. The normalized spacial score (nSPS) is 13.5. The number of aromatic nitrogens is 3. The van der Waals surface area contributed by atoms with E-state index in [0.717, 1.165) is 41.5 Å². The molecule has 0 saturated heterocycles. The van der Waals surface area contributed by atoms with E-state index in [0.29, 0.717) is 11.6 Å². The van der Waals surface area contributed by atoms with E-state index in [9.17, 15) is 0 Å². The molecule has 120 valence electrons. The summed E-state index contributed by atoms with van der Waals surface area (Å²) in [7, 11) is 0. The summed E-state index contributed by atoms with van der Waals surface area (Å²) < 4.78 is 0. The van der Waals surface area contributed by atoms with Gasteiger partial charge in [-0.05, 0) is 30.7 Å². The molecular weight excluding hydrogens is 322 g/mol. The molecule has 0 fully saturated rings. The second kappa shape index (κ2) is 6.45. The van der Waals surface area contributed by atoms with E-state index in [2.05, 4.69) is 25.2 Å². The molecule has 0 unspecified atom stereocenters. The Morgan fingerprint density at radius 2 is 1.88 bits per heavy atom. The minimum absolute atomic E-state index is 0.664. The summed E-state index contributed by atoms with van der Waals surface area (Å²) in [6.07, 6.45) is 4.21. The number of fused-ring (bicyclic) bond motifs is 1. The summed E-state index contributed by atoms with van der Waals surface area (Å²) in [6, 6.07) is 13.8. The topological polar surface area (TPSA) is 53.9 Å². The zero-order valence-electron chi connectivity index (χ0n) is 13.0. The van der Waals surface area contributed by atoms with Crippen LogP contribution in [0.5, 0.6) is 0 Å². The number of para-hydroxylation sites is 1. The van der Waals surface area contributed by atoms with E-state index >= 15 is 0 Å². The summed E-state index contributed by atoms with van der Waals surface area (Å²) >= 11 is 6.27. The Labute approximate surface area is 145 Å². The van der Waals surface area contributed by atoms with Crippen molar-refractivity contribution in [2.75, 3.05) is 16.8 Å². The average molecular weight is 338 g/mol. The fraction of sp³-hybridized carbons (Fsp3) is 0.167. The molecule has 1 N–H and O–H groups in total. The second-order valence-electron chi connectivity index (χ2n) is 5.62. The first-order valence-electron chi connectivity index (χ1n) is 7.81. The van der Waals surface area contributed by atoms with Crippen LogP contribution in [0.25, 0.3) is 0 Å². The Balaban J connectivity index is 1.61. The minimum Gasteiger partial charge on any atom is -0.349 e. The van der Waals surface area contributed by atoms with E-state index in [4.69, 9.17) is 11.6 Å². The Morgan fingerprint density at radius 3 is 2.71 bits per heavy atom. The maximum Gasteiger partial charge on any atom is 0.147 e. The van der Waals surface area contributed by atoms with Crippen LogP contribution in [0.3, 0.4) is 0 Å². The lowest BCUT2D eigenvalue weighted by Crippen LogP contribution is -2.32. The van der Waals surface area contributed by atoms with Crippen LogP contribution in [0.2, 0.25) is 5.02 Å². The van der Waals surface area contributed by atoms with Crippen molar-refractivity contribution in [2.45, 2.75) is 13.0 Å². The van der Waals surface area contributed by atoms with E-state index in [1.807, 2.05) is 42.5 Å². The largest absolute Gasteiger partial charge is 0.349 e. The standard InChI is InChI=1S/C18H16ClN5/c19-15-7-4-9-20-18(15)24-10-8-14-16(11-24)21-12-22-17(14)23-13-5-2-1-3-6-13/h1-7,9,12H,8,10-11H2,(H,21,22,23). The zero-order chi connectivity index (χ0) is 16.4. The predicted octanol–water partition coefficient (Wildman–Crippen LogP) is 3.83. The van der Waals surface area contributed by atoms with Crippen molar-refractivity contribution >= 4 is 28.9 Å². The highest BCUT2D eigenvalue weighted by atomic mass is 35.5. The number of halogens is 1. The second-order valence-corrected chi connectivity index (χ2v) is 6.03. The smallest absolute Gasteiger partial charge is 0.147 e. The lowest BCUT2D eigenvalue weighted by atomic mass is 10.1. The number of pyridine rings is 1. The van der Waals surface area contributed by atoms with Crippen LogP contribution < -0.4 is 10.2 Å². The van der Waals surface area contributed by atoms with E-state index in [-0.39, 0.29) is 0 Å². The van der Waals surface area contributed by atoms with E-state index in [1.165, 1.54) is 0 Å². The maximum absolute atomic E-state index is 6.27. The van der Waals surface area contributed by atoms with Gasteiger partial charge in [0.05, 0.1) is 17.3 Å². The Bertz CT molecular complexity index is 853. The molecule has 0 aliphatic carbocycles. The number of nitrogens with zero attached hydrogens (tertiary/aromatic N) is 4. The summed E-state index contributed by atoms with van der Waals surface area (Å²) in [5.41, 5.74) is 3.19. The van der Waals surface area contributed by atoms with Crippen LogP contribution in [0.4, 0.5) is 17.3 Å². The lowest BCUT2D eigenvalue weighted by Gasteiger charge is -2.30. The monoisotopic (exact) mass is 337 g/mol. The number of rotatable bonds is 3. The van der Waals surface area contributed by atoms with Crippen molar-refractivity contribution in [1.29, 1.82) is 0 Å². The van der Waals surface area contributed by atoms with Gasteiger partial charge in [0.25, 0.3) is 0 Å². The van der Waals surface area contributed by atoms with Crippen molar-refractivity contribution in [1.82, 2.24) is 15.0 Å². The van der Waals surface area contributed by atoms with Crippen LogP contribution in [0.1, 0.15) is 11.3 Å². The molecule has 3 aromatic rings. The molecule has 0 spiro atoms. The molecule has 0 bridgehead atoms. The fourth-order valence-electron chi connectivity index (χ4n) is 2.91. The third-order valence-electron chi connectivity index (χ3n) is 4.08. The molecule has 0 amide bonds. The first kappa shape index (κ1) is 14.9. The first-order chi connectivity index (χ1) is 11.8. The molecule has 0 saturated carbocycles. The molecule has 0 radical (unpaired) electrons. The van der Waals surface area contributed by atoms with Gasteiger partial charge in [0.1, 0.15) is 18.0 Å². The Morgan fingerprint density at radius 1 is 1.00 bits per heavy atom. The van der Waals surface area contributed by atoms with Crippen LogP contribution >= 0.6 is 11.6 Å². The lowest BCUT2D eigenvalue weighted by molar-refractivity contribution is 0.697. The number of hydrogen-bond donors (Lipinski definition) is 1. The van der Waals surface area contributed by atoms with Gasteiger partial charge < -0.3 is 10.2 Å². The van der Waals surface area contributed by atoms with Crippen molar-refractivity contribution in [3.05, 3.63) is 71.3 Å². The van der Waals surface area contributed by atoms with Crippen LogP contribution in [0, 0.1) is 0 Å². The third kappa shape index (κ3) is 2.90. The number of benzene rings is 1. The van der Waals surface area contributed by atoms with Gasteiger partial charge in [-0.15, -0.1) is 0 Å². The minimum atomic E-state index is 0.664. The van der Waals surface area contributed by atoms with Gasteiger partial charge >= 0.3 is 0 Å². The third-order valence-corrected chi connectivity index (χ3v) is 4.38. The molecule has 6 heteroatoms. The molecule has 2 aromatic heterocycles. The molecule has 5 nitrogen and oxygen atoms in total. The maximum atomic E-state index is 6.27. The van der Waals surface area contributed by atoms with Gasteiger partial charge in [0.2, 0.25) is 0 Å². The van der Waals surface area contributed by atoms with Crippen LogP contribution in [0.15, 0.2) is 55.0 Å². The zero-order valence-corrected chi connectivity index (χ0v) is 13.7. The van der Waals surface area contributed by atoms with Gasteiger partial charge in [-0.1, -0.05) is 29.8 Å². The number of anilines is 3. The van der Waals surface area contributed by atoms with Gasteiger partial charge in [-0.3, -0.25) is 0 Å². The SMILES string of the molecule is Clc1cccnc1N1CCc2c(ncnc2Nc2ccccc2)C1. The van der Waals surface area contributed by atoms with Crippen LogP contribution in [-0.2, 0) is 13.0 Å².